The first-order valence-electron chi connectivity index (χ1n) is 9.46. The Labute approximate surface area is 183 Å². The minimum atomic E-state index is 0.0227. The number of rotatable bonds is 4. The average Bonchev–Trinajstić information content (AvgIpc) is 3.05. The molecule has 0 saturated carbocycles. The molecule has 5 rings (SSSR count). The first kappa shape index (κ1) is 18.1. The van der Waals surface area contributed by atoms with Gasteiger partial charge in [0.1, 0.15) is 12.4 Å². The highest BCUT2D eigenvalue weighted by Gasteiger charge is 2.32. The molecule has 4 aromatic carbocycles. The molecule has 0 atom stereocenters. The van der Waals surface area contributed by atoms with Gasteiger partial charge in [0.2, 0.25) is 0 Å². The molecule has 0 heterocycles. The van der Waals surface area contributed by atoms with Crippen LogP contribution in [0.4, 0.5) is 0 Å². The lowest BCUT2D eigenvalue weighted by atomic mass is 9.96. The van der Waals surface area contributed by atoms with Crippen molar-refractivity contribution < 1.29 is 9.53 Å². The third-order valence-corrected chi connectivity index (χ3v) is 5.95. The lowest BCUT2D eigenvalue weighted by Crippen LogP contribution is -2.00. The highest BCUT2D eigenvalue weighted by molar-refractivity contribution is 14.1. The van der Waals surface area contributed by atoms with Gasteiger partial charge < -0.3 is 4.74 Å². The molecule has 140 valence electrons. The molecule has 3 heteroatoms. The van der Waals surface area contributed by atoms with Crippen molar-refractivity contribution in [2.24, 2.45) is 0 Å². The van der Waals surface area contributed by atoms with Crippen LogP contribution < -0.4 is 0 Å². The number of fused-ring (bicyclic) bond motifs is 2. The molecule has 0 fully saturated rings. The summed E-state index contributed by atoms with van der Waals surface area (Å²) < 4.78 is 7.48. The molecule has 0 aliphatic heterocycles. The van der Waals surface area contributed by atoms with Gasteiger partial charge in [-0.15, -0.1) is 0 Å². The summed E-state index contributed by atoms with van der Waals surface area (Å²) in [6.45, 7) is 0.419. The Morgan fingerprint density at radius 3 is 2.17 bits per heavy atom. The fourth-order valence-corrected chi connectivity index (χ4v) is 4.19. The average molecular weight is 488 g/mol. The van der Waals surface area contributed by atoms with Crippen LogP contribution >= 0.6 is 22.6 Å². The number of ether oxygens (including phenoxy) is 1. The summed E-state index contributed by atoms with van der Waals surface area (Å²) in [6.07, 6.45) is 0. The number of benzene rings is 4. The van der Waals surface area contributed by atoms with Crippen LogP contribution in [0.3, 0.4) is 0 Å². The predicted octanol–water partition coefficient (Wildman–Crippen LogP) is 6.73. The first-order chi connectivity index (χ1) is 14.2. The van der Waals surface area contributed by atoms with Crippen LogP contribution in [0.25, 0.3) is 22.1 Å². The van der Waals surface area contributed by atoms with E-state index >= 15 is 0 Å². The maximum Gasteiger partial charge on any atom is 0.198 e. The van der Waals surface area contributed by atoms with E-state index in [2.05, 4.69) is 65.1 Å². The van der Waals surface area contributed by atoms with E-state index in [1.54, 1.807) is 0 Å². The van der Waals surface area contributed by atoms with Crippen molar-refractivity contribution in [3.63, 3.8) is 0 Å². The standard InChI is InChI=1S/C26H17IO2/c27-19-14-12-17(13-15-19)16-29-26-23-10-4-3-9-22(23)25(28)24(26)21-11-5-7-18-6-1-2-8-20(18)21/h1-15H,16H2. The molecule has 0 radical (unpaired) electrons. The van der Waals surface area contributed by atoms with E-state index in [1.165, 1.54) is 3.57 Å². The molecule has 0 amide bonds. The van der Waals surface area contributed by atoms with Gasteiger partial charge in [0.25, 0.3) is 0 Å². The molecule has 0 saturated heterocycles. The molecule has 0 N–H and O–H groups in total. The largest absolute Gasteiger partial charge is 0.487 e. The van der Waals surface area contributed by atoms with Gasteiger partial charge in [0, 0.05) is 14.7 Å². The summed E-state index contributed by atoms with van der Waals surface area (Å²) in [5.41, 5.74) is 4.21. The molecule has 1 aliphatic carbocycles. The SMILES string of the molecule is O=C1C(c2cccc3ccccc23)=C(OCc2ccc(I)cc2)c2ccccc21. The van der Waals surface area contributed by atoms with Gasteiger partial charge in [-0.2, -0.15) is 0 Å². The van der Waals surface area contributed by atoms with Crippen LogP contribution in [0.2, 0.25) is 0 Å². The molecule has 0 bridgehead atoms. The number of hydrogen-bond donors (Lipinski definition) is 0. The molecule has 1 aliphatic rings. The second-order valence-electron chi connectivity index (χ2n) is 7.02. The first-order valence-corrected chi connectivity index (χ1v) is 10.5. The van der Waals surface area contributed by atoms with Crippen LogP contribution in [-0.2, 0) is 11.3 Å². The molecular weight excluding hydrogens is 471 g/mol. The van der Waals surface area contributed by atoms with Crippen molar-refractivity contribution in [2.45, 2.75) is 6.61 Å². The molecular formula is C26H17IO2. The van der Waals surface area contributed by atoms with E-state index in [9.17, 15) is 4.79 Å². The highest BCUT2D eigenvalue weighted by atomic mass is 127. The Bertz CT molecular complexity index is 1260. The highest BCUT2D eigenvalue weighted by Crippen LogP contribution is 2.41. The summed E-state index contributed by atoms with van der Waals surface area (Å²) in [5, 5.41) is 2.17. The summed E-state index contributed by atoms with van der Waals surface area (Å²) >= 11 is 2.29. The second-order valence-corrected chi connectivity index (χ2v) is 8.27. The maximum atomic E-state index is 13.4. The monoisotopic (exact) mass is 488 g/mol. The van der Waals surface area contributed by atoms with Crippen molar-refractivity contribution in [1.82, 2.24) is 0 Å². The lowest BCUT2D eigenvalue weighted by Gasteiger charge is -2.12. The van der Waals surface area contributed by atoms with E-state index in [0.29, 0.717) is 23.5 Å². The van der Waals surface area contributed by atoms with E-state index in [4.69, 9.17) is 4.74 Å². The van der Waals surface area contributed by atoms with Crippen molar-refractivity contribution in [1.29, 1.82) is 0 Å². The molecule has 0 unspecified atom stereocenters. The number of ketones is 1. The van der Waals surface area contributed by atoms with Crippen LogP contribution in [0.15, 0.2) is 91.0 Å². The summed E-state index contributed by atoms with van der Waals surface area (Å²) in [5.74, 6) is 0.690. The summed E-state index contributed by atoms with van der Waals surface area (Å²) in [6, 6.07) is 30.2. The van der Waals surface area contributed by atoms with E-state index in [-0.39, 0.29) is 5.78 Å². The topological polar surface area (TPSA) is 26.3 Å². The molecule has 0 spiro atoms. The summed E-state index contributed by atoms with van der Waals surface area (Å²) in [7, 11) is 0. The van der Waals surface area contributed by atoms with Gasteiger partial charge in [-0.05, 0) is 56.6 Å². The Morgan fingerprint density at radius 2 is 1.34 bits per heavy atom. The Morgan fingerprint density at radius 1 is 0.690 bits per heavy atom. The van der Waals surface area contributed by atoms with Crippen molar-refractivity contribution in [3.05, 3.63) is 117 Å². The molecule has 4 aromatic rings. The van der Waals surface area contributed by atoms with Gasteiger partial charge in [-0.3, -0.25) is 4.79 Å². The van der Waals surface area contributed by atoms with Crippen molar-refractivity contribution >= 4 is 50.5 Å². The van der Waals surface area contributed by atoms with Crippen LogP contribution in [0, 0.1) is 3.57 Å². The number of allylic oxidation sites excluding steroid dienone is 1. The fourth-order valence-electron chi connectivity index (χ4n) is 3.83. The van der Waals surface area contributed by atoms with Gasteiger partial charge in [-0.25, -0.2) is 0 Å². The minimum absolute atomic E-state index is 0.0227. The van der Waals surface area contributed by atoms with Crippen molar-refractivity contribution in [2.75, 3.05) is 0 Å². The van der Waals surface area contributed by atoms with Gasteiger partial charge in [-0.1, -0.05) is 78.9 Å². The van der Waals surface area contributed by atoms with Gasteiger partial charge in [0.15, 0.2) is 5.78 Å². The molecule has 29 heavy (non-hydrogen) atoms. The molecule has 2 nitrogen and oxygen atoms in total. The van der Waals surface area contributed by atoms with E-state index < -0.39 is 0 Å². The third-order valence-electron chi connectivity index (χ3n) is 5.23. The van der Waals surface area contributed by atoms with Crippen LogP contribution in [0.5, 0.6) is 0 Å². The van der Waals surface area contributed by atoms with Gasteiger partial charge >= 0.3 is 0 Å². The Kier molecular flexibility index (Phi) is 4.68. The zero-order chi connectivity index (χ0) is 19.8. The van der Waals surface area contributed by atoms with Crippen LogP contribution in [0.1, 0.15) is 27.0 Å². The van der Waals surface area contributed by atoms with Gasteiger partial charge in [0.05, 0.1) is 5.57 Å². The smallest absolute Gasteiger partial charge is 0.198 e. The predicted molar refractivity (Wildman–Crippen MR) is 125 cm³/mol. The number of Topliss-reactive ketones (excluding diaryl/α,β-unsaturated/α-hetero) is 1. The normalized spacial score (nSPS) is 13.1. The van der Waals surface area contributed by atoms with E-state index in [1.807, 2.05) is 48.5 Å². The number of carbonyl (C=O) groups is 1. The quantitative estimate of drug-likeness (QED) is 0.298. The fraction of sp³-hybridized carbons (Fsp3) is 0.0385. The van der Waals surface area contributed by atoms with Crippen LogP contribution in [-0.4, -0.2) is 5.78 Å². The third kappa shape index (κ3) is 3.25. The number of halogens is 1. The zero-order valence-electron chi connectivity index (χ0n) is 15.6. The van der Waals surface area contributed by atoms with E-state index in [0.717, 1.165) is 27.5 Å². The minimum Gasteiger partial charge on any atom is -0.487 e. The number of carbonyl (C=O) groups excluding carboxylic acids is 1. The Hall–Kier alpha value is -2.92. The Balaban J connectivity index is 1.65. The molecule has 0 aromatic heterocycles. The second kappa shape index (κ2) is 7.48. The lowest BCUT2D eigenvalue weighted by molar-refractivity contribution is 0.105. The van der Waals surface area contributed by atoms with Crippen molar-refractivity contribution in [3.8, 4) is 0 Å². The number of hydrogen-bond acceptors (Lipinski definition) is 2. The summed E-state index contributed by atoms with van der Waals surface area (Å²) in [4.78, 5) is 13.4. The maximum absolute atomic E-state index is 13.4. The zero-order valence-corrected chi connectivity index (χ0v) is 17.7.